The van der Waals surface area contributed by atoms with E-state index < -0.39 is 5.91 Å². The second-order valence-corrected chi connectivity index (χ2v) is 6.64. The van der Waals surface area contributed by atoms with Gasteiger partial charge in [0.05, 0.1) is 24.4 Å². The maximum absolute atomic E-state index is 12.0. The molecule has 0 atom stereocenters. The molecule has 0 aliphatic rings. The zero-order chi connectivity index (χ0) is 21.4. The highest BCUT2D eigenvalue weighted by molar-refractivity contribution is 9.10. The highest BCUT2D eigenvalue weighted by Gasteiger charge is 2.14. The number of ether oxygens (including phenoxy) is 3. The van der Waals surface area contributed by atoms with Gasteiger partial charge in [0.2, 0.25) is 5.88 Å². The Balaban J connectivity index is 2.02. The van der Waals surface area contributed by atoms with E-state index in [0.29, 0.717) is 21.3 Å². The van der Waals surface area contributed by atoms with E-state index in [1.54, 1.807) is 25.1 Å². The summed E-state index contributed by atoms with van der Waals surface area (Å²) in [5.41, 5.74) is 4.38. The van der Waals surface area contributed by atoms with Crippen molar-refractivity contribution in [3.8, 4) is 23.4 Å². The topological polar surface area (TPSA) is 126 Å². The van der Waals surface area contributed by atoms with Crippen LogP contribution in [0.4, 0.5) is 0 Å². The van der Waals surface area contributed by atoms with Crippen molar-refractivity contribution in [2.45, 2.75) is 13.5 Å². The molecule has 2 N–H and O–H groups in total. The number of phenols is 1. The number of nitriles is 1. The number of hydrogen-bond acceptors (Lipinski definition) is 8. The minimum Gasteiger partial charge on any atom is -0.503 e. The standard InChI is InChI=1S/C19H19BrN4O5/c1-11-4-13(9-27-2)14(7-21)19(23-11)29-10-17(25)24-22-8-12-5-15(20)18(26)16(6-12)28-3/h4-6,8,26H,9-10H2,1-3H3,(H,24,25). The maximum atomic E-state index is 12.0. The van der Waals surface area contributed by atoms with Crippen LogP contribution in [-0.4, -0.2) is 43.0 Å². The number of hydrogen-bond donors (Lipinski definition) is 2. The summed E-state index contributed by atoms with van der Waals surface area (Å²) in [5.74, 6) is -0.247. The molecular formula is C19H19BrN4O5. The number of rotatable bonds is 8. The van der Waals surface area contributed by atoms with Crippen LogP contribution in [-0.2, 0) is 16.1 Å². The van der Waals surface area contributed by atoms with E-state index in [9.17, 15) is 15.2 Å². The van der Waals surface area contributed by atoms with Gasteiger partial charge in [0.1, 0.15) is 11.6 Å². The Labute approximate surface area is 176 Å². The second kappa shape index (κ2) is 10.4. The van der Waals surface area contributed by atoms with Crippen molar-refractivity contribution in [2.24, 2.45) is 5.10 Å². The molecule has 9 nitrogen and oxygen atoms in total. The molecule has 0 unspecified atom stereocenters. The number of carbonyl (C=O) groups excluding carboxylic acids is 1. The average molecular weight is 463 g/mol. The van der Waals surface area contributed by atoms with Crippen LogP contribution in [0.2, 0.25) is 0 Å². The molecule has 0 radical (unpaired) electrons. The van der Waals surface area contributed by atoms with E-state index >= 15 is 0 Å². The summed E-state index contributed by atoms with van der Waals surface area (Å²) in [4.78, 5) is 16.1. The number of nitrogens with one attached hydrogen (secondary N) is 1. The van der Waals surface area contributed by atoms with Gasteiger partial charge in [-0.3, -0.25) is 4.79 Å². The molecule has 1 amide bonds. The minimum atomic E-state index is -0.536. The predicted molar refractivity (Wildman–Crippen MR) is 108 cm³/mol. The Morgan fingerprint density at radius 3 is 2.83 bits per heavy atom. The van der Waals surface area contributed by atoms with Gasteiger partial charge >= 0.3 is 0 Å². The SMILES string of the molecule is COCc1cc(C)nc(OCC(=O)NN=Cc2cc(Br)c(O)c(OC)c2)c1C#N. The molecule has 1 aromatic heterocycles. The summed E-state index contributed by atoms with van der Waals surface area (Å²) in [6.07, 6.45) is 1.38. The number of aryl methyl sites for hydroxylation is 1. The zero-order valence-electron chi connectivity index (χ0n) is 16.0. The van der Waals surface area contributed by atoms with E-state index in [1.165, 1.54) is 20.4 Å². The number of pyridine rings is 1. The van der Waals surface area contributed by atoms with E-state index in [0.717, 1.165) is 0 Å². The molecule has 2 rings (SSSR count). The number of phenolic OH excluding ortho intramolecular Hbond substituents is 1. The van der Waals surface area contributed by atoms with Crippen LogP contribution < -0.4 is 14.9 Å². The molecule has 0 bridgehead atoms. The van der Waals surface area contributed by atoms with Gasteiger partial charge in [-0.05, 0) is 46.6 Å². The second-order valence-electron chi connectivity index (χ2n) is 5.78. The molecule has 0 saturated heterocycles. The summed E-state index contributed by atoms with van der Waals surface area (Å²) < 4.78 is 15.9. The Kier molecular flexibility index (Phi) is 7.94. The van der Waals surface area contributed by atoms with E-state index in [4.69, 9.17) is 14.2 Å². The number of halogens is 1. The summed E-state index contributed by atoms with van der Waals surface area (Å²) in [6, 6.07) is 6.91. The van der Waals surface area contributed by atoms with Crippen molar-refractivity contribution in [1.82, 2.24) is 10.4 Å². The van der Waals surface area contributed by atoms with E-state index in [1.807, 2.05) is 6.07 Å². The van der Waals surface area contributed by atoms with Crippen LogP contribution in [0.5, 0.6) is 17.4 Å². The molecule has 0 aliphatic carbocycles. The van der Waals surface area contributed by atoms with Crippen LogP contribution in [0, 0.1) is 18.3 Å². The molecular weight excluding hydrogens is 444 g/mol. The first-order valence-electron chi connectivity index (χ1n) is 8.30. The van der Waals surface area contributed by atoms with Gasteiger partial charge in [-0.2, -0.15) is 10.4 Å². The number of carbonyl (C=O) groups is 1. The lowest BCUT2D eigenvalue weighted by molar-refractivity contribution is -0.123. The fourth-order valence-corrected chi connectivity index (χ4v) is 2.83. The van der Waals surface area contributed by atoms with E-state index in [2.05, 4.69) is 31.4 Å². The lowest BCUT2D eigenvalue weighted by Gasteiger charge is -2.10. The average Bonchev–Trinajstić information content (AvgIpc) is 2.69. The quantitative estimate of drug-likeness (QED) is 0.455. The molecule has 0 spiro atoms. The number of amides is 1. The number of hydrazone groups is 1. The molecule has 2 aromatic rings. The number of aromatic nitrogens is 1. The third kappa shape index (κ3) is 5.91. The minimum absolute atomic E-state index is 0.0334. The molecule has 0 fully saturated rings. The van der Waals surface area contributed by atoms with Crippen LogP contribution in [0.1, 0.15) is 22.4 Å². The lowest BCUT2D eigenvalue weighted by atomic mass is 10.1. The highest BCUT2D eigenvalue weighted by atomic mass is 79.9. The number of aromatic hydroxyl groups is 1. The zero-order valence-corrected chi connectivity index (χ0v) is 17.6. The molecule has 1 aromatic carbocycles. The van der Waals surface area contributed by atoms with Crippen molar-refractivity contribution in [3.05, 3.63) is 45.1 Å². The van der Waals surface area contributed by atoms with E-state index in [-0.39, 0.29) is 36.2 Å². The summed E-state index contributed by atoms with van der Waals surface area (Å²) in [7, 11) is 2.94. The first-order chi connectivity index (χ1) is 13.9. The molecule has 29 heavy (non-hydrogen) atoms. The molecule has 1 heterocycles. The summed E-state index contributed by atoms with van der Waals surface area (Å²) in [6.45, 7) is 1.60. The first-order valence-corrected chi connectivity index (χ1v) is 9.09. The highest BCUT2D eigenvalue weighted by Crippen LogP contribution is 2.34. The van der Waals surface area contributed by atoms with Gasteiger partial charge in [0.15, 0.2) is 18.1 Å². The fraction of sp³-hybridized carbons (Fsp3) is 0.263. The molecule has 10 heteroatoms. The molecule has 152 valence electrons. The maximum Gasteiger partial charge on any atom is 0.278 e. The smallest absolute Gasteiger partial charge is 0.278 e. The van der Waals surface area contributed by atoms with Gasteiger partial charge < -0.3 is 19.3 Å². The van der Waals surface area contributed by atoms with Gasteiger partial charge in [-0.25, -0.2) is 10.4 Å². The number of nitrogens with zero attached hydrogens (tertiary/aromatic N) is 3. The summed E-state index contributed by atoms with van der Waals surface area (Å²) >= 11 is 3.20. The Morgan fingerprint density at radius 1 is 1.41 bits per heavy atom. The molecule has 0 aliphatic heterocycles. The third-order valence-electron chi connectivity index (χ3n) is 3.62. The molecule has 0 saturated carbocycles. The van der Waals surface area contributed by atoms with Crippen molar-refractivity contribution in [1.29, 1.82) is 5.26 Å². The van der Waals surface area contributed by atoms with Crippen LogP contribution in [0.25, 0.3) is 0 Å². The largest absolute Gasteiger partial charge is 0.503 e. The van der Waals surface area contributed by atoms with Gasteiger partial charge in [0.25, 0.3) is 5.91 Å². The Hall–Kier alpha value is -3.16. The van der Waals surface area contributed by atoms with Gasteiger partial charge in [-0.15, -0.1) is 0 Å². The normalized spacial score (nSPS) is 10.6. The number of methoxy groups -OCH3 is 2. The fourth-order valence-electron chi connectivity index (χ4n) is 2.37. The Morgan fingerprint density at radius 2 is 2.17 bits per heavy atom. The van der Waals surface area contributed by atoms with Crippen LogP contribution in [0.3, 0.4) is 0 Å². The first kappa shape index (κ1) is 22.1. The van der Waals surface area contributed by atoms with Crippen LogP contribution in [0.15, 0.2) is 27.8 Å². The van der Waals surface area contributed by atoms with Crippen molar-refractivity contribution in [2.75, 3.05) is 20.8 Å². The number of benzene rings is 1. The third-order valence-corrected chi connectivity index (χ3v) is 4.23. The summed E-state index contributed by atoms with van der Waals surface area (Å²) in [5, 5.41) is 23.0. The lowest BCUT2D eigenvalue weighted by Crippen LogP contribution is -2.25. The van der Waals surface area contributed by atoms with Gasteiger partial charge in [0, 0.05) is 18.4 Å². The van der Waals surface area contributed by atoms with Gasteiger partial charge in [-0.1, -0.05) is 0 Å². The van der Waals surface area contributed by atoms with Crippen molar-refractivity contribution in [3.63, 3.8) is 0 Å². The van der Waals surface area contributed by atoms with Crippen LogP contribution >= 0.6 is 15.9 Å². The van der Waals surface area contributed by atoms with Crippen molar-refractivity contribution >= 4 is 28.1 Å². The monoisotopic (exact) mass is 462 g/mol. The predicted octanol–water partition coefficient (Wildman–Crippen LogP) is 2.41. The van der Waals surface area contributed by atoms with Crippen molar-refractivity contribution < 1.29 is 24.1 Å². The Bertz CT molecular complexity index is 972.